The van der Waals surface area contributed by atoms with Gasteiger partial charge in [0.2, 0.25) is 0 Å². The molecule has 0 heterocycles. The number of hydrogen-bond donors (Lipinski definition) is 0. The van der Waals surface area contributed by atoms with Gasteiger partial charge < -0.3 is 0 Å². The zero-order valence-electron chi connectivity index (χ0n) is 10.5. The van der Waals surface area contributed by atoms with Crippen LogP contribution in [-0.4, -0.2) is 0 Å². The van der Waals surface area contributed by atoms with Crippen LogP contribution in [0.3, 0.4) is 0 Å². The van der Waals surface area contributed by atoms with Crippen molar-refractivity contribution in [1.29, 1.82) is 0 Å². The van der Waals surface area contributed by atoms with E-state index in [9.17, 15) is 0 Å². The summed E-state index contributed by atoms with van der Waals surface area (Å²) in [6.07, 6.45) is 23.1. The summed E-state index contributed by atoms with van der Waals surface area (Å²) in [6, 6.07) is 0. The van der Waals surface area contributed by atoms with Gasteiger partial charge >= 0.3 is 16.5 Å². The third-order valence-electron chi connectivity index (χ3n) is 2.04. The van der Waals surface area contributed by atoms with Crippen molar-refractivity contribution in [3.63, 3.8) is 0 Å². The van der Waals surface area contributed by atoms with Crippen molar-refractivity contribution in [3.05, 3.63) is 42.9 Å². The van der Waals surface area contributed by atoms with Gasteiger partial charge in [-0.2, -0.15) is 6.08 Å². The van der Waals surface area contributed by atoms with E-state index < -0.39 is 0 Å². The Labute approximate surface area is 112 Å². The maximum absolute atomic E-state index is 2.99. The molecule has 0 saturated carbocycles. The molecular formula is C15H24Ni. The maximum Gasteiger partial charge on any atom is 2.00 e. The van der Waals surface area contributed by atoms with Crippen LogP contribution in [0.25, 0.3) is 0 Å². The number of unbranched alkanes of at least 4 members (excludes halogenated alkanes) is 4. The third kappa shape index (κ3) is 16.0. The Morgan fingerprint density at radius 1 is 1.31 bits per heavy atom. The molecule has 0 aromatic heterocycles. The first-order valence-corrected chi connectivity index (χ1v) is 6.11. The molecule has 0 fully saturated rings. The van der Waals surface area contributed by atoms with E-state index in [0.717, 1.165) is 6.42 Å². The van der Waals surface area contributed by atoms with Crippen molar-refractivity contribution in [3.8, 4) is 0 Å². The standard InChI is InChI=1S/C10H19.C5H5.Ni/c1-3-5-7-9-10-8-6-4-2;1-2-4-5-3-1;/h7,9-10H,3-6,8H2,1-2H3;1-3H,4H2;/q2*-1;+2/b9-7+;;. The second-order valence-electron chi connectivity index (χ2n) is 3.60. The molecule has 0 bridgehead atoms. The van der Waals surface area contributed by atoms with Crippen LogP contribution in [-0.2, 0) is 16.5 Å². The molecule has 0 amide bonds. The first kappa shape index (κ1) is 18.0. The van der Waals surface area contributed by atoms with E-state index in [4.69, 9.17) is 0 Å². The van der Waals surface area contributed by atoms with Crippen LogP contribution in [0, 0.1) is 12.5 Å². The average molecular weight is 263 g/mol. The molecule has 1 aliphatic carbocycles. The van der Waals surface area contributed by atoms with Crippen LogP contribution in [0.5, 0.6) is 0 Å². The molecule has 16 heavy (non-hydrogen) atoms. The summed E-state index contributed by atoms with van der Waals surface area (Å²) in [6.45, 7) is 4.43. The molecule has 0 N–H and O–H groups in total. The summed E-state index contributed by atoms with van der Waals surface area (Å²) >= 11 is 0. The molecule has 0 atom stereocenters. The normalized spacial score (nSPS) is 12.1. The molecule has 0 aromatic rings. The molecular weight excluding hydrogens is 239 g/mol. The van der Waals surface area contributed by atoms with E-state index in [0.29, 0.717) is 0 Å². The summed E-state index contributed by atoms with van der Waals surface area (Å²) in [5.41, 5.74) is 0. The molecule has 1 aliphatic rings. The fourth-order valence-corrected chi connectivity index (χ4v) is 1.12. The van der Waals surface area contributed by atoms with Gasteiger partial charge in [-0.25, -0.2) is 30.7 Å². The van der Waals surface area contributed by atoms with E-state index in [1.165, 1.54) is 32.1 Å². The van der Waals surface area contributed by atoms with E-state index in [1.807, 2.05) is 12.2 Å². The van der Waals surface area contributed by atoms with Crippen LogP contribution < -0.4 is 0 Å². The smallest absolute Gasteiger partial charge is 0.273 e. The minimum absolute atomic E-state index is 0. The molecule has 1 heteroatoms. The Morgan fingerprint density at radius 2 is 2.12 bits per heavy atom. The van der Waals surface area contributed by atoms with Crippen LogP contribution >= 0.6 is 0 Å². The largest absolute Gasteiger partial charge is 2.00 e. The predicted octanol–water partition coefficient (Wildman–Crippen LogP) is 5.04. The summed E-state index contributed by atoms with van der Waals surface area (Å²) < 4.78 is 0. The van der Waals surface area contributed by atoms with Crippen LogP contribution in [0.4, 0.5) is 0 Å². The molecule has 0 spiro atoms. The number of rotatable bonds is 6. The minimum Gasteiger partial charge on any atom is -0.273 e. The van der Waals surface area contributed by atoms with Gasteiger partial charge in [0.05, 0.1) is 0 Å². The van der Waals surface area contributed by atoms with Gasteiger partial charge in [0.25, 0.3) is 0 Å². The Morgan fingerprint density at radius 3 is 2.56 bits per heavy atom. The van der Waals surface area contributed by atoms with Crippen molar-refractivity contribution in [2.24, 2.45) is 0 Å². The molecule has 94 valence electrons. The molecule has 0 saturated heterocycles. The van der Waals surface area contributed by atoms with Gasteiger partial charge in [-0.3, -0.25) is 6.08 Å². The fraction of sp³-hybridized carbons (Fsp3) is 0.533. The van der Waals surface area contributed by atoms with Crippen molar-refractivity contribution in [2.45, 2.75) is 52.4 Å². The molecule has 1 rings (SSSR count). The van der Waals surface area contributed by atoms with Gasteiger partial charge in [0.1, 0.15) is 0 Å². The Balaban J connectivity index is 0. The predicted molar refractivity (Wildman–Crippen MR) is 69.4 cm³/mol. The van der Waals surface area contributed by atoms with E-state index in [-0.39, 0.29) is 16.5 Å². The number of allylic oxidation sites excluding steroid dienone is 6. The summed E-state index contributed by atoms with van der Waals surface area (Å²) in [5, 5.41) is 0. The van der Waals surface area contributed by atoms with Gasteiger partial charge in [0, 0.05) is 0 Å². The Kier molecular flexibility index (Phi) is 19.1. The van der Waals surface area contributed by atoms with Gasteiger partial charge in [0.15, 0.2) is 0 Å². The van der Waals surface area contributed by atoms with Crippen LogP contribution in [0.1, 0.15) is 52.4 Å². The monoisotopic (exact) mass is 262 g/mol. The second-order valence-corrected chi connectivity index (χ2v) is 3.60. The van der Waals surface area contributed by atoms with Gasteiger partial charge in [-0.05, 0) is 0 Å². The molecule has 0 unspecified atom stereocenters. The van der Waals surface area contributed by atoms with Gasteiger partial charge in [-0.1, -0.05) is 33.1 Å². The van der Waals surface area contributed by atoms with E-state index in [2.05, 4.69) is 44.6 Å². The van der Waals surface area contributed by atoms with Gasteiger partial charge in [-0.15, -0.1) is 19.3 Å². The average Bonchev–Trinajstić information content (AvgIpc) is 2.82. The second kappa shape index (κ2) is 17.0. The summed E-state index contributed by atoms with van der Waals surface area (Å²) in [5.74, 6) is 0. The van der Waals surface area contributed by atoms with Crippen LogP contribution in [0.2, 0.25) is 0 Å². The van der Waals surface area contributed by atoms with Crippen molar-refractivity contribution in [1.82, 2.24) is 0 Å². The topological polar surface area (TPSA) is 0 Å². The van der Waals surface area contributed by atoms with E-state index in [1.54, 1.807) is 0 Å². The summed E-state index contributed by atoms with van der Waals surface area (Å²) in [4.78, 5) is 0. The fourth-order valence-electron chi connectivity index (χ4n) is 1.12. The van der Waals surface area contributed by atoms with Crippen molar-refractivity contribution >= 4 is 0 Å². The Hall–Kier alpha value is -0.416. The van der Waals surface area contributed by atoms with E-state index >= 15 is 0 Å². The zero-order valence-corrected chi connectivity index (χ0v) is 11.5. The molecule has 0 radical (unpaired) electrons. The minimum atomic E-state index is 0. The maximum atomic E-state index is 2.99. The molecule has 0 aliphatic heterocycles. The quantitative estimate of drug-likeness (QED) is 0.357. The summed E-state index contributed by atoms with van der Waals surface area (Å²) in [7, 11) is 0. The molecule has 0 nitrogen and oxygen atoms in total. The third-order valence-corrected chi connectivity index (χ3v) is 2.04. The van der Waals surface area contributed by atoms with Crippen LogP contribution in [0.15, 0.2) is 30.4 Å². The first-order chi connectivity index (χ1) is 7.41. The first-order valence-electron chi connectivity index (χ1n) is 6.11. The zero-order chi connectivity index (χ0) is 11.2. The SMILES string of the molecule is CCC/C=C/[CH-]CCCC.[C-]1=CC=CC1.[Ni+2]. The molecule has 0 aromatic carbocycles. The van der Waals surface area contributed by atoms with Crippen molar-refractivity contribution < 1.29 is 16.5 Å². The number of hydrogen-bond acceptors (Lipinski definition) is 0. The van der Waals surface area contributed by atoms with Crippen molar-refractivity contribution in [2.75, 3.05) is 0 Å². The Bertz CT molecular complexity index is 180.